The first-order valence-corrected chi connectivity index (χ1v) is 22.3. The van der Waals surface area contributed by atoms with Gasteiger partial charge in [0.15, 0.2) is 17.5 Å². The van der Waals surface area contributed by atoms with Gasteiger partial charge >= 0.3 is 0 Å². The van der Waals surface area contributed by atoms with Crippen molar-refractivity contribution in [3.63, 3.8) is 0 Å². The Labute approximate surface area is 356 Å². The highest BCUT2D eigenvalue weighted by atomic mass is 16.5. The van der Waals surface area contributed by atoms with E-state index in [9.17, 15) is 0 Å². The van der Waals surface area contributed by atoms with Crippen molar-refractivity contribution < 1.29 is 4.74 Å². The topological polar surface area (TPSA) is 47.9 Å². The summed E-state index contributed by atoms with van der Waals surface area (Å²) in [5.74, 6) is 8.55. The summed E-state index contributed by atoms with van der Waals surface area (Å²) >= 11 is 0. The van der Waals surface area contributed by atoms with Gasteiger partial charge in [-0.2, -0.15) is 0 Å². The first-order valence-electron chi connectivity index (χ1n) is 22.3. The summed E-state index contributed by atoms with van der Waals surface area (Å²) in [5, 5.41) is 0. The van der Waals surface area contributed by atoms with Crippen LogP contribution >= 0.6 is 0 Å². The number of fused-ring (bicyclic) bond motifs is 10. The molecular formula is C57H43N3O. The van der Waals surface area contributed by atoms with Gasteiger partial charge < -0.3 is 4.74 Å². The van der Waals surface area contributed by atoms with Gasteiger partial charge in [0.25, 0.3) is 0 Å². The van der Waals surface area contributed by atoms with Gasteiger partial charge in [-0.15, -0.1) is 0 Å². The van der Waals surface area contributed by atoms with E-state index < -0.39 is 5.41 Å². The molecule has 4 fully saturated rings. The van der Waals surface area contributed by atoms with Gasteiger partial charge in [0, 0.05) is 27.8 Å². The van der Waals surface area contributed by atoms with Crippen LogP contribution in [-0.2, 0) is 10.8 Å². The molecule has 0 N–H and O–H groups in total. The number of para-hydroxylation sites is 2. The fourth-order valence-electron chi connectivity index (χ4n) is 13.8. The number of hydrogen-bond donors (Lipinski definition) is 0. The molecule has 1 aliphatic heterocycles. The lowest BCUT2D eigenvalue weighted by Crippen LogP contribution is -2.40. The zero-order valence-electron chi connectivity index (χ0n) is 33.8. The third-order valence-electron chi connectivity index (χ3n) is 16.1. The number of benzene rings is 7. The van der Waals surface area contributed by atoms with Gasteiger partial charge in [0.2, 0.25) is 0 Å². The van der Waals surface area contributed by atoms with E-state index in [4.69, 9.17) is 19.7 Å². The minimum absolute atomic E-state index is 0.362. The Bertz CT molecular complexity index is 3050. The van der Waals surface area contributed by atoms with Crippen LogP contribution in [0.15, 0.2) is 170 Å². The van der Waals surface area contributed by atoms with Crippen LogP contribution in [0.1, 0.15) is 59.9 Å². The molecule has 4 saturated carbocycles. The Hall–Kier alpha value is -6.65. The smallest absolute Gasteiger partial charge is 0.164 e. The molecule has 61 heavy (non-hydrogen) atoms. The van der Waals surface area contributed by atoms with E-state index in [1.807, 2.05) is 0 Å². The third kappa shape index (κ3) is 4.68. The van der Waals surface area contributed by atoms with Crippen LogP contribution in [0.4, 0.5) is 0 Å². The van der Waals surface area contributed by atoms with Crippen LogP contribution in [-0.4, -0.2) is 15.0 Å². The second-order valence-electron chi connectivity index (χ2n) is 18.8. The highest BCUT2D eigenvalue weighted by molar-refractivity contribution is 5.90. The first-order chi connectivity index (χ1) is 30.1. The average molecular weight is 786 g/mol. The van der Waals surface area contributed by atoms with Crippen molar-refractivity contribution in [3.8, 4) is 67.9 Å². The number of aromatic nitrogens is 3. The lowest BCUT2D eigenvalue weighted by molar-refractivity contribution is 0.0152. The predicted octanol–water partition coefficient (Wildman–Crippen LogP) is 13.3. The predicted molar refractivity (Wildman–Crippen MR) is 241 cm³/mol. The Balaban J connectivity index is 0.929. The van der Waals surface area contributed by atoms with E-state index in [-0.39, 0.29) is 0 Å². The molecule has 292 valence electrons. The lowest BCUT2D eigenvalue weighted by atomic mass is 9.57. The highest BCUT2D eigenvalue weighted by Gasteiger charge is 2.67. The van der Waals surface area contributed by atoms with Crippen molar-refractivity contribution in [1.82, 2.24) is 15.0 Å². The maximum absolute atomic E-state index is 6.58. The van der Waals surface area contributed by atoms with Crippen LogP contribution in [0.5, 0.6) is 11.5 Å². The van der Waals surface area contributed by atoms with Gasteiger partial charge in [0.05, 0.1) is 5.41 Å². The van der Waals surface area contributed by atoms with Crippen molar-refractivity contribution in [3.05, 3.63) is 198 Å². The maximum Gasteiger partial charge on any atom is 0.164 e. The maximum atomic E-state index is 6.58. The molecule has 0 amide bonds. The summed E-state index contributed by atoms with van der Waals surface area (Å²) in [6.45, 7) is 0. The summed E-state index contributed by atoms with van der Waals surface area (Å²) in [4.78, 5) is 15.9. The Morgan fingerprint density at radius 1 is 0.426 bits per heavy atom. The Morgan fingerprint density at radius 2 is 1.03 bits per heavy atom. The molecule has 6 aliphatic rings. The molecule has 3 unspecified atom stereocenters. The summed E-state index contributed by atoms with van der Waals surface area (Å²) in [5.41, 5.74) is 13.9. The molecule has 2 bridgehead atoms. The van der Waals surface area contributed by atoms with Crippen molar-refractivity contribution in [2.75, 3.05) is 0 Å². The highest BCUT2D eigenvalue weighted by Crippen LogP contribution is 2.74. The van der Waals surface area contributed by atoms with E-state index in [2.05, 4.69) is 170 Å². The van der Waals surface area contributed by atoms with Crippen LogP contribution in [0.25, 0.3) is 56.4 Å². The SMILES string of the molecule is c1ccc(-c2cccc(-c3nc(-c4ccc(C56CC7CC5[C@H]5[C@H](C7)C[C@H]5C6)cc4)nc(-c4ccc5c(c4)-c4ccccc4C54c5ccccc5Oc5ccccc54)n3)c2)cc1. The lowest BCUT2D eigenvalue weighted by Gasteiger charge is -2.48. The zero-order valence-corrected chi connectivity index (χ0v) is 33.8. The molecule has 6 atom stereocenters. The average Bonchev–Trinajstić information content (AvgIpc) is 3.89. The van der Waals surface area contributed by atoms with Crippen LogP contribution < -0.4 is 4.74 Å². The van der Waals surface area contributed by atoms with E-state index in [0.29, 0.717) is 22.9 Å². The van der Waals surface area contributed by atoms with Crippen LogP contribution in [0.2, 0.25) is 0 Å². The van der Waals surface area contributed by atoms with E-state index in [1.165, 1.54) is 59.9 Å². The molecule has 14 rings (SSSR count). The zero-order chi connectivity index (χ0) is 39.9. The molecule has 1 spiro atoms. The minimum atomic E-state index is -0.526. The van der Waals surface area contributed by atoms with Crippen molar-refractivity contribution in [2.24, 2.45) is 29.6 Å². The Kier molecular flexibility index (Phi) is 6.96. The summed E-state index contributed by atoms with van der Waals surface area (Å²) in [7, 11) is 0. The normalized spacial score (nSPS) is 24.9. The Morgan fingerprint density at radius 3 is 1.80 bits per heavy atom. The van der Waals surface area contributed by atoms with Crippen molar-refractivity contribution in [2.45, 2.75) is 42.9 Å². The van der Waals surface area contributed by atoms with Crippen molar-refractivity contribution in [1.29, 1.82) is 0 Å². The molecule has 8 aromatic rings. The van der Waals surface area contributed by atoms with Crippen LogP contribution in [0, 0.1) is 29.6 Å². The fraction of sp³-hybridized carbons (Fsp3) is 0.211. The molecule has 2 heterocycles. The summed E-state index contributed by atoms with van der Waals surface area (Å²) in [6, 6.07) is 61.4. The number of rotatable bonds is 5. The van der Waals surface area contributed by atoms with Gasteiger partial charge in [-0.3, -0.25) is 0 Å². The fourth-order valence-corrected chi connectivity index (χ4v) is 13.8. The number of hydrogen-bond acceptors (Lipinski definition) is 4. The monoisotopic (exact) mass is 785 g/mol. The summed E-state index contributed by atoms with van der Waals surface area (Å²) in [6.07, 6.45) is 7.17. The van der Waals surface area contributed by atoms with Crippen LogP contribution in [0.3, 0.4) is 0 Å². The molecular weight excluding hydrogens is 743 g/mol. The second kappa shape index (κ2) is 12.5. The second-order valence-corrected chi connectivity index (χ2v) is 18.8. The molecule has 1 aromatic heterocycles. The molecule has 5 aliphatic carbocycles. The number of nitrogens with zero attached hydrogens (tertiary/aromatic N) is 3. The first kappa shape index (κ1) is 34.1. The van der Waals surface area contributed by atoms with E-state index >= 15 is 0 Å². The minimum Gasteiger partial charge on any atom is -0.457 e. The van der Waals surface area contributed by atoms with Gasteiger partial charge in [-0.25, -0.2) is 15.0 Å². The molecule has 0 saturated heterocycles. The summed E-state index contributed by atoms with van der Waals surface area (Å²) < 4.78 is 6.58. The molecule has 4 nitrogen and oxygen atoms in total. The van der Waals surface area contributed by atoms with E-state index in [0.717, 1.165) is 74.5 Å². The number of ether oxygens (including phenoxy) is 1. The third-order valence-corrected chi connectivity index (χ3v) is 16.1. The van der Waals surface area contributed by atoms with Crippen molar-refractivity contribution >= 4 is 0 Å². The van der Waals surface area contributed by atoms with Gasteiger partial charge in [-0.05, 0) is 130 Å². The molecule has 4 heteroatoms. The molecule has 7 aromatic carbocycles. The molecule has 0 radical (unpaired) electrons. The van der Waals surface area contributed by atoms with E-state index in [1.54, 1.807) is 5.56 Å². The van der Waals surface area contributed by atoms with Gasteiger partial charge in [0.1, 0.15) is 11.5 Å². The quantitative estimate of drug-likeness (QED) is 0.174. The van der Waals surface area contributed by atoms with Gasteiger partial charge in [-0.1, -0.05) is 146 Å². The standard InChI is InChI=1S/C57H43N3O/c1-2-11-35(12-3-1)37-13-10-14-38(29-37)54-58-53(36-21-24-42(25-22-36)56-32-34-27-40-30-41(33-56)52(40)49(56)28-34)59-55(60-54)39-23-26-46-44(31-39)43-15-4-5-16-45(43)57(46)47-17-6-8-19-50(47)61-51-20-9-7-18-48(51)57/h1-26,29,31,34,40-41,49,52H,27-28,30,32-33H2/t34?,40-,41+,49?,52+,56?/m1/s1. The largest absolute Gasteiger partial charge is 0.457 e.